The predicted molar refractivity (Wildman–Crippen MR) is 69.9 cm³/mol. The largest absolute Gasteiger partial charge is 0.359 e. The van der Waals surface area contributed by atoms with Crippen LogP contribution in [0.25, 0.3) is 0 Å². The Morgan fingerprint density at radius 2 is 2.00 bits per heavy atom. The van der Waals surface area contributed by atoms with Gasteiger partial charge in [0.25, 0.3) is 0 Å². The van der Waals surface area contributed by atoms with Crippen molar-refractivity contribution in [1.29, 1.82) is 0 Å². The van der Waals surface area contributed by atoms with Crippen molar-refractivity contribution in [2.75, 3.05) is 11.9 Å². The third kappa shape index (κ3) is 3.72. The van der Waals surface area contributed by atoms with Crippen LogP contribution in [0.1, 0.15) is 40.4 Å². The van der Waals surface area contributed by atoms with Crippen LogP contribution >= 0.6 is 11.5 Å². The van der Waals surface area contributed by atoms with Crippen LogP contribution in [-0.2, 0) is 5.41 Å². The Morgan fingerprint density at radius 3 is 2.44 bits per heavy atom. The first-order chi connectivity index (χ1) is 7.30. The molecule has 1 unspecified atom stereocenters. The second-order valence-corrected chi connectivity index (χ2v) is 6.21. The van der Waals surface area contributed by atoms with Gasteiger partial charge in [0.15, 0.2) is 0 Å². The summed E-state index contributed by atoms with van der Waals surface area (Å²) in [4.78, 5) is 4.45. The van der Waals surface area contributed by atoms with Crippen molar-refractivity contribution >= 4 is 16.7 Å². The molecule has 0 aliphatic carbocycles. The van der Waals surface area contributed by atoms with Crippen molar-refractivity contribution < 1.29 is 0 Å². The highest BCUT2D eigenvalue weighted by atomic mass is 32.1. The van der Waals surface area contributed by atoms with Crippen LogP contribution in [0.4, 0.5) is 5.13 Å². The first-order valence-electron chi connectivity index (χ1n) is 5.64. The first kappa shape index (κ1) is 13.4. The Balaban J connectivity index is 2.53. The molecule has 3 N–H and O–H groups in total. The highest BCUT2D eigenvalue weighted by Crippen LogP contribution is 2.22. The Bertz CT molecular complexity index is 327. The van der Waals surface area contributed by atoms with Crippen molar-refractivity contribution in [2.24, 2.45) is 11.7 Å². The number of anilines is 1. The second-order valence-electron chi connectivity index (χ2n) is 5.46. The minimum Gasteiger partial charge on any atom is -0.359 e. The van der Waals surface area contributed by atoms with Crippen LogP contribution in [-0.4, -0.2) is 21.9 Å². The van der Waals surface area contributed by atoms with Gasteiger partial charge in [0.1, 0.15) is 5.82 Å². The molecule has 4 nitrogen and oxygen atoms in total. The number of hydrogen-bond acceptors (Lipinski definition) is 5. The normalized spacial score (nSPS) is 14.2. The molecular formula is C11H22N4S. The van der Waals surface area contributed by atoms with E-state index in [9.17, 15) is 0 Å². The summed E-state index contributed by atoms with van der Waals surface area (Å²) in [5.41, 5.74) is 5.96. The predicted octanol–water partition coefficient (Wildman–Crippen LogP) is 2.23. The lowest BCUT2D eigenvalue weighted by atomic mass is 9.96. The van der Waals surface area contributed by atoms with Gasteiger partial charge in [-0.05, 0) is 5.92 Å². The van der Waals surface area contributed by atoms with Gasteiger partial charge in [0, 0.05) is 29.5 Å². The maximum absolute atomic E-state index is 5.95. The topological polar surface area (TPSA) is 63.8 Å². The van der Waals surface area contributed by atoms with E-state index in [4.69, 9.17) is 5.73 Å². The van der Waals surface area contributed by atoms with E-state index in [1.54, 1.807) is 0 Å². The lowest BCUT2D eigenvalue weighted by molar-refractivity contribution is 0.511. The zero-order valence-corrected chi connectivity index (χ0v) is 11.6. The summed E-state index contributed by atoms with van der Waals surface area (Å²) < 4.78 is 4.34. The molecule has 1 aromatic rings. The SMILES string of the molecule is CC(C)C(N)CNc1nc(C(C)(C)C)ns1. The fraction of sp³-hybridized carbons (Fsp3) is 0.818. The molecule has 0 aromatic carbocycles. The molecule has 0 saturated carbocycles. The van der Waals surface area contributed by atoms with E-state index in [1.165, 1.54) is 11.5 Å². The summed E-state index contributed by atoms with van der Waals surface area (Å²) in [6, 6.07) is 0.155. The Kier molecular flexibility index (Phi) is 4.27. The van der Waals surface area contributed by atoms with Gasteiger partial charge in [-0.2, -0.15) is 4.37 Å². The van der Waals surface area contributed by atoms with Gasteiger partial charge >= 0.3 is 0 Å². The van der Waals surface area contributed by atoms with Gasteiger partial charge in [0.05, 0.1) is 0 Å². The monoisotopic (exact) mass is 242 g/mol. The Morgan fingerprint density at radius 1 is 1.38 bits per heavy atom. The van der Waals surface area contributed by atoms with Crippen LogP contribution in [0.5, 0.6) is 0 Å². The Hall–Kier alpha value is -0.680. The third-order valence-corrected chi connectivity index (χ3v) is 3.11. The minimum atomic E-state index is 0.0105. The van der Waals surface area contributed by atoms with Crippen molar-refractivity contribution in [1.82, 2.24) is 9.36 Å². The molecule has 0 saturated heterocycles. The van der Waals surface area contributed by atoms with E-state index in [0.717, 1.165) is 17.5 Å². The molecule has 1 atom stereocenters. The van der Waals surface area contributed by atoms with E-state index < -0.39 is 0 Å². The third-order valence-electron chi connectivity index (χ3n) is 2.44. The summed E-state index contributed by atoms with van der Waals surface area (Å²) in [5.74, 6) is 1.36. The average Bonchev–Trinajstić information content (AvgIpc) is 2.61. The fourth-order valence-electron chi connectivity index (χ4n) is 1.04. The van der Waals surface area contributed by atoms with Gasteiger partial charge in [-0.25, -0.2) is 4.98 Å². The van der Waals surface area contributed by atoms with Crippen LogP contribution in [0.2, 0.25) is 0 Å². The molecule has 1 aromatic heterocycles. The summed E-state index contributed by atoms with van der Waals surface area (Å²) in [6.45, 7) is 11.3. The molecule has 0 aliphatic rings. The maximum atomic E-state index is 5.95. The summed E-state index contributed by atoms with van der Waals surface area (Å²) >= 11 is 1.40. The molecule has 0 aliphatic heterocycles. The van der Waals surface area contributed by atoms with Gasteiger partial charge in [-0.1, -0.05) is 34.6 Å². The first-order valence-corrected chi connectivity index (χ1v) is 6.41. The molecule has 0 amide bonds. The molecule has 1 rings (SSSR count). The molecule has 5 heteroatoms. The number of hydrogen-bond donors (Lipinski definition) is 2. The molecule has 0 bridgehead atoms. The van der Waals surface area contributed by atoms with E-state index in [0.29, 0.717) is 5.92 Å². The van der Waals surface area contributed by atoms with Crippen molar-refractivity contribution in [3.05, 3.63) is 5.82 Å². The molecule has 1 heterocycles. The summed E-state index contributed by atoms with van der Waals surface area (Å²) in [7, 11) is 0. The van der Waals surface area contributed by atoms with Crippen molar-refractivity contribution in [2.45, 2.75) is 46.1 Å². The Labute approximate surface area is 102 Å². The van der Waals surface area contributed by atoms with Crippen LogP contribution in [0.15, 0.2) is 0 Å². The number of aromatic nitrogens is 2. The van der Waals surface area contributed by atoms with Crippen molar-refractivity contribution in [3.8, 4) is 0 Å². The van der Waals surface area contributed by atoms with Crippen molar-refractivity contribution in [3.63, 3.8) is 0 Å². The molecule has 0 fully saturated rings. The van der Waals surface area contributed by atoms with Crippen LogP contribution in [0.3, 0.4) is 0 Å². The minimum absolute atomic E-state index is 0.0105. The molecule has 0 spiro atoms. The van der Waals surface area contributed by atoms with Gasteiger partial charge in [-0.3, -0.25) is 0 Å². The highest BCUT2D eigenvalue weighted by Gasteiger charge is 2.19. The standard InChI is InChI=1S/C11H22N4S/c1-7(2)8(12)6-13-10-14-9(15-16-10)11(3,4)5/h7-8H,6,12H2,1-5H3,(H,13,14,15). The molecule has 92 valence electrons. The number of nitrogens with zero attached hydrogens (tertiary/aromatic N) is 2. The second kappa shape index (κ2) is 5.10. The summed E-state index contributed by atoms with van der Waals surface area (Å²) in [5, 5.41) is 4.10. The highest BCUT2D eigenvalue weighted by molar-refractivity contribution is 7.09. The van der Waals surface area contributed by atoms with Crippen LogP contribution in [0, 0.1) is 5.92 Å². The number of nitrogens with one attached hydrogen (secondary N) is 1. The molecular weight excluding hydrogens is 220 g/mol. The fourth-order valence-corrected chi connectivity index (χ4v) is 1.80. The molecule has 0 radical (unpaired) electrons. The lowest BCUT2D eigenvalue weighted by Crippen LogP contribution is -2.34. The van der Waals surface area contributed by atoms with Gasteiger partial charge in [0.2, 0.25) is 5.13 Å². The van der Waals surface area contributed by atoms with E-state index in [2.05, 4.69) is 49.3 Å². The zero-order chi connectivity index (χ0) is 12.3. The molecule has 16 heavy (non-hydrogen) atoms. The van der Waals surface area contributed by atoms with Gasteiger partial charge < -0.3 is 11.1 Å². The zero-order valence-electron chi connectivity index (χ0n) is 10.7. The smallest absolute Gasteiger partial charge is 0.202 e. The lowest BCUT2D eigenvalue weighted by Gasteiger charge is -2.15. The number of nitrogens with two attached hydrogens (primary N) is 1. The maximum Gasteiger partial charge on any atom is 0.202 e. The van der Waals surface area contributed by atoms with E-state index in [-0.39, 0.29) is 11.5 Å². The van der Waals surface area contributed by atoms with Crippen LogP contribution < -0.4 is 11.1 Å². The average molecular weight is 242 g/mol. The number of rotatable bonds is 4. The van der Waals surface area contributed by atoms with Gasteiger partial charge in [-0.15, -0.1) is 0 Å². The quantitative estimate of drug-likeness (QED) is 0.850. The summed E-state index contributed by atoms with van der Waals surface area (Å²) in [6.07, 6.45) is 0. The van der Waals surface area contributed by atoms with E-state index in [1.807, 2.05) is 0 Å². The van der Waals surface area contributed by atoms with E-state index >= 15 is 0 Å².